The maximum atomic E-state index is 13.8. The smallest absolute Gasteiger partial charge is 0.153 e. The molecule has 0 spiro atoms. The minimum absolute atomic E-state index is 0.173. The van der Waals surface area contributed by atoms with Crippen molar-refractivity contribution < 1.29 is 4.39 Å². The first-order chi connectivity index (χ1) is 15.1. The summed E-state index contributed by atoms with van der Waals surface area (Å²) < 4.78 is 16.2. The second kappa shape index (κ2) is 8.64. The summed E-state index contributed by atoms with van der Waals surface area (Å²) in [5.74, 6) is 2.62. The Morgan fingerprint density at radius 1 is 1.00 bits per heavy atom. The number of piperidine rings is 1. The molecule has 1 unspecified atom stereocenters. The van der Waals surface area contributed by atoms with Gasteiger partial charge >= 0.3 is 0 Å². The van der Waals surface area contributed by atoms with Gasteiger partial charge in [-0.2, -0.15) is 0 Å². The predicted molar refractivity (Wildman–Crippen MR) is 126 cm³/mol. The minimum atomic E-state index is -0.173. The Kier molecular flexibility index (Phi) is 5.73. The molecule has 2 aliphatic rings. The van der Waals surface area contributed by atoms with E-state index in [1.807, 2.05) is 12.3 Å². The Labute approximate surface area is 185 Å². The first kappa shape index (κ1) is 20.5. The van der Waals surface area contributed by atoms with E-state index in [1.54, 1.807) is 12.1 Å². The van der Waals surface area contributed by atoms with E-state index >= 15 is 0 Å². The van der Waals surface area contributed by atoms with Crippen molar-refractivity contribution in [3.05, 3.63) is 59.2 Å². The van der Waals surface area contributed by atoms with E-state index in [-0.39, 0.29) is 5.82 Å². The van der Waals surface area contributed by atoms with Gasteiger partial charge in [-0.3, -0.25) is 0 Å². The fraction of sp³-hybridized carbons (Fsp3) is 0.519. The van der Waals surface area contributed by atoms with Crippen LogP contribution in [-0.2, 0) is 6.54 Å². The number of nitrogens with zero attached hydrogens (tertiary/aromatic N) is 3. The molecule has 1 saturated carbocycles. The van der Waals surface area contributed by atoms with Crippen LogP contribution in [0.5, 0.6) is 0 Å². The molecule has 0 radical (unpaired) electrons. The van der Waals surface area contributed by atoms with Crippen LogP contribution in [0.15, 0.2) is 36.5 Å². The Balaban J connectivity index is 1.52. The average molecular weight is 420 g/mol. The lowest BCUT2D eigenvalue weighted by Crippen LogP contribution is -2.39. The summed E-state index contributed by atoms with van der Waals surface area (Å²) in [4.78, 5) is 7.46. The summed E-state index contributed by atoms with van der Waals surface area (Å²) in [6, 6.07) is 9.13. The van der Waals surface area contributed by atoms with Crippen LogP contribution in [0.1, 0.15) is 61.8 Å². The van der Waals surface area contributed by atoms with Crippen molar-refractivity contribution in [3.8, 4) is 0 Å². The maximum Gasteiger partial charge on any atom is 0.153 e. The molecule has 1 aliphatic carbocycles. The molecular weight excluding hydrogens is 385 g/mol. The molecule has 4 heteroatoms. The fourth-order valence-corrected chi connectivity index (χ4v) is 6.02. The molecule has 0 N–H and O–H groups in total. The number of aryl methyl sites for hydroxylation is 1. The minimum Gasteiger partial charge on any atom is -0.355 e. The molecule has 1 aliphatic heterocycles. The van der Waals surface area contributed by atoms with E-state index in [9.17, 15) is 4.39 Å². The molecule has 5 rings (SSSR count). The standard InChI is InChI=1S/C27H34FN3/c1-19-20(2)31(17-21-8-6-12-24(28)16-21)26-25(19)13-14-29-27(26)30-15-7-11-23(18-30)22-9-4-3-5-10-22/h6,8,12-14,16,22-23H,3-5,7,9-11,15,17-18H2,1-2H3. The van der Waals surface area contributed by atoms with Crippen molar-refractivity contribution in [2.45, 2.75) is 65.3 Å². The molecule has 164 valence electrons. The van der Waals surface area contributed by atoms with Crippen LogP contribution >= 0.6 is 0 Å². The average Bonchev–Trinajstić information content (AvgIpc) is 3.05. The monoisotopic (exact) mass is 419 g/mol. The van der Waals surface area contributed by atoms with Crippen LogP contribution in [0.3, 0.4) is 0 Å². The number of fused-ring (bicyclic) bond motifs is 1. The van der Waals surface area contributed by atoms with Crippen molar-refractivity contribution in [2.75, 3.05) is 18.0 Å². The van der Waals surface area contributed by atoms with Crippen molar-refractivity contribution in [1.82, 2.24) is 9.55 Å². The number of halogens is 1. The number of aromatic nitrogens is 2. The van der Waals surface area contributed by atoms with Crippen LogP contribution in [-0.4, -0.2) is 22.6 Å². The first-order valence-electron chi connectivity index (χ1n) is 12.1. The molecule has 3 nitrogen and oxygen atoms in total. The zero-order valence-electron chi connectivity index (χ0n) is 18.9. The summed E-state index contributed by atoms with van der Waals surface area (Å²) in [6.07, 6.45) is 11.6. The Morgan fingerprint density at radius 2 is 1.81 bits per heavy atom. The van der Waals surface area contributed by atoms with E-state index in [0.717, 1.165) is 36.3 Å². The second-order valence-corrected chi connectivity index (χ2v) is 9.70. The number of pyridine rings is 1. The quantitative estimate of drug-likeness (QED) is 0.473. The van der Waals surface area contributed by atoms with E-state index in [1.165, 1.54) is 73.2 Å². The summed E-state index contributed by atoms with van der Waals surface area (Å²) in [5.41, 5.74) is 4.75. The summed E-state index contributed by atoms with van der Waals surface area (Å²) >= 11 is 0. The van der Waals surface area contributed by atoms with Crippen LogP contribution in [0.25, 0.3) is 10.9 Å². The molecule has 1 saturated heterocycles. The molecule has 3 heterocycles. The van der Waals surface area contributed by atoms with E-state index in [2.05, 4.69) is 29.4 Å². The second-order valence-electron chi connectivity index (χ2n) is 9.70. The van der Waals surface area contributed by atoms with Crippen molar-refractivity contribution >= 4 is 16.7 Å². The lowest BCUT2D eigenvalue weighted by atomic mass is 9.76. The van der Waals surface area contributed by atoms with Gasteiger partial charge in [-0.15, -0.1) is 0 Å². The van der Waals surface area contributed by atoms with Gasteiger partial charge < -0.3 is 9.47 Å². The van der Waals surface area contributed by atoms with Gasteiger partial charge in [0.25, 0.3) is 0 Å². The lowest BCUT2D eigenvalue weighted by molar-refractivity contribution is 0.220. The van der Waals surface area contributed by atoms with Crippen LogP contribution in [0.4, 0.5) is 10.2 Å². The van der Waals surface area contributed by atoms with Gasteiger partial charge in [0.2, 0.25) is 0 Å². The van der Waals surface area contributed by atoms with E-state index < -0.39 is 0 Å². The Bertz CT molecular complexity index is 1060. The van der Waals surface area contributed by atoms with Crippen molar-refractivity contribution in [2.24, 2.45) is 11.8 Å². The third kappa shape index (κ3) is 3.97. The summed E-state index contributed by atoms with van der Waals surface area (Å²) in [7, 11) is 0. The molecule has 1 atom stereocenters. The van der Waals surface area contributed by atoms with Gasteiger partial charge in [-0.1, -0.05) is 44.2 Å². The normalized spacial score (nSPS) is 20.5. The number of anilines is 1. The van der Waals surface area contributed by atoms with E-state index in [4.69, 9.17) is 4.98 Å². The SMILES string of the molecule is Cc1c(C)n(Cc2cccc(F)c2)c2c(N3CCCC(C4CCCCC4)C3)nccc12. The van der Waals surface area contributed by atoms with Gasteiger partial charge in [-0.25, -0.2) is 9.37 Å². The number of hydrogen-bond acceptors (Lipinski definition) is 2. The fourth-order valence-electron chi connectivity index (χ4n) is 6.02. The third-order valence-corrected chi connectivity index (χ3v) is 7.83. The van der Waals surface area contributed by atoms with Crippen LogP contribution in [0.2, 0.25) is 0 Å². The van der Waals surface area contributed by atoms with Gasteiger partial charge in [0.15, 0.2) is 5.82 Å². The molecule has 0 amide bonds. The maximum absolute atomic E-state index is 13.8. The largest absolute Gasteiger partial charge is 0.355 e. The van der Waals surface area contributed by atoms with Gasteiger partial charge in [0.05, 0.1) is 5.52 Å². The van der Waals surface area contributed by atoms with Crippen molar-refractivity contribution in [3.63, 3.8) is 0 Å². The van der Waals surface area contributed by atoms with Crippen LogP contribution in [0, 0.1) is 31.5 Å². The van der Waals surface area contributed by atoms with Gasteiger partial charge in [0, 0.05) is 36.9 Å². The van der Waals surface area contributed by atoms with Crippen LogP contribution < -0.4 is 4.90 Å². The number of hydrogen-bond donors (Lipinski definition) is 0. The predicted octanol–water partition coefficient (Wildman–Crippen LogP) is 6.64. The highest BCUT2D eigenvalue weighted by Gasteiger charge is 2.30. The molecule has 31 heavy (non-hydrogen) atoms. The highest BCUT2D eigenvalue weighted by Crippen LogP contribution is 2.38. The molecule has 2 fully saturated rings. The number of rotatable bonds is 4. The first-order valence-corrected chi connectivity index (χ1v) is 12.1. The van der Waals surface area contributed by atoms with Gasteiger partial charge in [0.1, 0.15) is 5.82 Å². The van der Waals surface area contributed by atoms with Gasteiger partial charge in [-0.05, 0) is 67.9 Å². The molecule has 0 bridgehead atoms. The molecule has 1 aromatic carbocycles. The number of benzene rings is 1. The highest BCUT2D eigenvalue weighted by molar-refractivity contribution is 5.93. The molecular formula is C27H34FN3. The zero-order valence-corrected chi connectivity index (χ0v) is 18.9. The third-order valence-electron chi connectivity index (χ3n) is 7.83. The zero-order chi connectivity index (χ0) is 21.4. The highest BCUT2D eigenvalue weighted by atomic mass is 19.1. The molecule has 2 aromatic heterocycles. The Hall–Kier alpha value is -2.36. The summed E-state index contributed by atoms with van der Waals surface area (Å²) in [5, 5.41) is 1.28. The topological polar surface area (TPSA) is 21.1 Å². The van der Waals surface area contributed by atoms with Crippen molar-refractivity contribution in [1.29, 1.82) is 0 Å². The summed E-state index contributed by atoms with van der Waals surface area (Å²) in [6.45, 7) is 7.26. The lowest BCUT2D eigenvalue weighted by Gasteiger charge is -2.39. The Morgan fingerprint density at radius 3 is 2.61 bits per heavy atom. The van der Waals surface area contributed by atoms with E-state index in [0.29, 0.717) is 6.54 Å². The molecule has 3 aromatic rings.